The smallest absolute Gasteiger partial charge is 0.239 e. The molecule has 2 N–H and O–H groups in total. The van der Waals surface area contributed by atoms with Gasteiger partial charge in [-0.3, -0.25) is 4.79 Å². The lowest BCUT2D eigenvalue weighted by Gasteiger charge is -2.46. The zero-order chi connectivity index (χ0) is 15.5. The van der Waals surface area contributed by atoms with Crippen LogP contribution < -0.4 is 5.73 Å². The number of benzene rings is 1. The van der Waals surface area contributed by atoms with Gasteiger partial charge in [0.2, 0.25) is 5.91 Å². The molecule has 0 bridgehead atoms. The molecule has 2 aliphatic heterocycles. The number of amides is 1. The number of rotatable bonds is 3. The average Bonchev–Trinajstić information content (AvgIpc) is 2.55. The summed E-state index contributed by atoms with van der Waals surface area (Å²) in [5.74, 6) is 0.746. The van der Waals surface area contributed by atoms with Gasteiger partial charge in [-0.25, -0.2) is 0 Å². The minimum atomic E-state index is -0.416. The van der Waals surface area contributed by atoms with E-state index >= 15 is 0 Å². The molecule has 1 aromatic carbocycles. The number of nitrogens with zero attached hydrogens (tertiary/aromatic N) is 2. The molecule has 128 valence electrons. The number of likely N-dealkylation sites (tertiary alicyclic amines) is 2. The molecule has 3 rings (SSSR count). The van der Waals surface area contributed by atoms with Crippen LogP contribution in [0.2, 0.25) is 0 Å². The maximum atomic E-state index is 12.6. The Kier molecular flexibility index (Phi) is 6.45. The first-order valence-electron chi connectivity index (χ1n) is 8.43. The lowest BCUT2D eigenvalue weighted by molar-refractivity contribution is -0.136. The normalized spacial score (nSPS) is 26.1. The number of piperidine rings is 2. The van der Waals surface area contributed by atoms with Crippen LogP contribution in [0.5, 0.6) is 0 Å². The fourth-order valence-electron chi connectivity index (χ4n) is 4.04. The quantitative estimate of drug-likeness (QED) is 0.916. The maximum Gasteiger partial charge on any atom is 0.239 e. The number of carbonyl (C=O) groups is 1. The van der Waals surface area contributed by atoms with Crippen molar-refractivity contribution in [2.24, 2.45) is 11.7 Å². The minimum Gasteiger partial charge on any atom is -0.341 e. The van der Waals surface area contributed by atoms with E-state index in [9.17, 15) is 4.79 Å². The van der Waals surface area contributed by atoms with Crippen molar-refractivity contribution in [3.8, 4) is 0 Å². The second-order valence-electron chi connectivity index (χ2n) is 6.82. The molecule has 0 spiro atoms. The summed E-state index contributed by atoms with van der Waals surface area (Å²) in [5.41, 5.74) is 7.31. The number of fused-ring (bicyclic) bond motifs is 1. The van der Waals surface area contributed by atoms with Gasteiger partial charge in [-0.2, -0.15) is 0 Å². The van der Waals surface area contributed by atoms with E-state index in [1.807, 2.05) is 35.2 Å². The number of hydrogen-bond acceptors (Lipinski definition) is 3. The lowest BCUT2D eigenvalue weighted by Crippen LogP contribution is -2.56. The monoisotopic (exact) mass is 337 g/mol. The minimum absolute atomic E-state index is 0. The van der Waals surface area contributed by atoms with Crippen LogP contribution in [0.1, 0.15) is 24.8 Å². The standard InChI is InChI=1S/C18H27N3O.ClH/c1-20-10-5-8-15-13-21(11-9-17(15)20)18(22)16(19)12-14-6-3-2-4-7-14;/h2-4,6-7,15-17H,5,8-13,19H2,1H3;1H. The molecule has 2 heterocycles. The molecule has 3 atom stereocenters. The van der Waals surface area contributed by atoms with Crippen LogP contribution in [0, 0.1) is 5.92 Å². The third-order valence-electron chi connectivity index (χ3n) is 5.27. The Hall–Kier alpha value is -1.10. The fraction of sp³-hybridized carbons (Fsp3) is 0.611. The average molecular weight is 338 g/mol. The molecule has 2 saturated heterocycles. The van der Waals surface area contributed by atoms with Gasteiger partial charge >= 0.3 is 0 Å². The second kappa shape index (κ2) is 8.13. The number of carbonyl (C=O) groups excluding carboxylic acids is 1. The molecule has 3 unspecified atom stereocenters. The number of nitrogens with two attached hydrogens (primary N) is 1. The summed E-state index contributed by atoms with van der Waals surface area (Å²) >= 11 is 0. The van der Waals surface area contributed by atoms with Crippen molar-refractivity contribution in [3.05, 3.63) is 35.9 Å². The van der Waals surface area contributed by atoms with Crippen LogP contribution >= 0.6 is 12.4 Å². The highest BCUT2D eigenvalue weighted by Gasteiger charge is 2.36. The molecule has 5 heteroatoms. The summed E-state index contributed by atoms with van der Waals surface area (Å²) < 4.78 is 0. The van der Waals surface area contributed by atoms with Gasteiger partial charge in [-0.15, -0.1) is 12.4 Å². The number of halogens is 1. The summed E-state index contributed by atoms with van der Waals surface area (Å²) in [7, 11) is 2.22. The maximum absolute atomic E-state index is 12.6. The third kappa shape index (κ3) is 4.25. The Labute approximate surface area is 145 Å². The largest absolute Gasteiger partial charge is 0.341 e. The van der Waals surface area contributed by atoms with E-state index in [1.165, 1.54) is 19.4 Å². The SMILES string of the molecule is CN1CCCC2CN(C(=O)C(N)Cc3ccccc3)CCC21.Cl. The molecule has 2 aliphatic rings. The van der Waals surface area contributed by atoms with E-state index in [1.54, 1.807) is 0 Å². The molecule has 4 nitrogen and oxygen atoms in total. The Balaban J connectivity index is 0.00000192. The lowest BCUT2D eigenvalue weighted by atomic mass is 9.84. The van der Waals surface area contributed by atoms with Gasteiger partial charge < -0.3 is 15.5 Å². The van der Waals surface area contributed by atoms with Gasteiger partial charge in [0.25, 0.3) is 0 Å². The molecule has 1 aromatic rings. The summed E-state index contributed by atoms with van der Waals surface area (Å²) in [4.78, 5) is 17.1. The van der Waals surface area contributed by atoms with Crippen LogP contribution in [-0.4, -0.2) is 54.5 Å². The van der Waals surface area contributed by atoms with Gasteiger partial charge in [0.15, 0.2) is 0 Å². The van der Waals surface area contributed by atoms with Crippen LogP contribution in [0.3, 0.4) is 0 Å². The molecule has 0 radical (unpaired) electrons. The van der Waals surface area contributed by atoms with Crippen LogP contribution in [0.25, 0.3) is 0 Å². The van der Waals surface area contributed by atoms with E-state index in [0.717, 1.165) is 25.1 Å². The zero-order valence-electron chi connectivity index (χ0n) is 13.9. The van der Waals surface area contributed by atoms with Crippen molar-refractivity contribution >= 4 is 18.3 Å². The molecule has 0 aromatic heterocycles. The molecule has 0 saturated carbocycles. The van der Waals surface area contributed by atoms with Gasteiger partial charge in [0.1, 0.15) is 0 Å². The van der Waals surface area contributed by atoms with E-state index in [4.69, 9.17) is 5.73 Å². The van der Waals surface area contributed by atoms with Crippen LogP contribution in [0.4, 0.5) is 0 Å². The topological polar surface area (TPSA) is 49.6 Å². The molecule has 23 heavy (non-hydrogen) atoms. The zero-order valence-corrected chi connectivity index (χ0v) is 14.7. The number of hydrogen-bond donors (Lipinski definition) is 1. The van der Waals surface area contributed by atoms with E-state index in [-0.39, 0.29) is 18.3 Å². The highest BCUT2D eigenvalue weighted by molar-refractivity contribution is 5.85. The van der Waals surface area contributed by atoms with Crippen LogP contribution in [-0.2, 0) is 11.2 Å². The second-order valence-corrected chi connectivity index (χ2v) is 6.82. The molecule has 2 fully saturated rings. The fourth-order valence-corrected chi connectivity index (χ4v) is 4.04. The highest BCUT2D eigenvalue weighted by atomic mass is 35.5. The first-order chi connectivity index (χ1) is 10.6. The highest BCUT2D eigenvalue weighted by Crippen LogP contribution is 2.29. The first-order valence-corrected chi connectivity index (χ1v) is 8.43. The van der Waals surface area contributed by atoms with Crippen molar-refractivity contribution < 1.29 is 4.79 Å². The van der Waals surface area contributed by atoms with Crippen molar-refractivity contribution in [1.29, 1.82) is 0 Å². The Morgan fingerprint density at radius 2 is 2.00 bits per heavy atom. The predicted molar refractivity (Wildman–Crippen MR) is 95.7 cm³/mol. The van der Waals surface area contributed by atoms with Gasteiger partial charge in [0.05, 0.1) is 6.04 Å². The van der Waals surface area contributed by atoms with Crippen molar-refractivity contribution in [2.45, 2.75) is 37.8 Å². The summed E-state index contributed by atoms with van der Waals surface area (Å²) in [6.45, 7) is 2.94. The predicted octanol–water partition coefficient (Wildman–Crippen LogP) is 1.92. The van der Waals surface area contributed by atoms with Gasteiger partial charge in [-0.1, -0.05) is 30.3 Å². The van der Waals surface area contributed by atoms with Crippen LogP contribution in [0.15, 0.2) is 30.3 Å². The first kappa shape index (κ1) is 18.2. The van der Waals surface area contributed by atoms with Crippen molar-refractivity contribution in [3.63, 3.8) is 0 Å². The van der Waals surface area contributed by atoms with E-state index in [0.29, 0.717) is 18.4 Å². The van der Waals surface area contributed by atoms with E-state index < -0.39 is 6.04 Å². The van der Waals surface area contributed by atoms with E-state index in [2.05, 4.69) is 11.9 Å². The summed E-state index contributed by atoms with van der Waals surface area (Å²) in [6, 6.07) is 10.3. The molecular weight excluding hydrogens is 310 g/mol. The Morgan fingerprint density at radius 3 is 2.74 bits per heavy atom. The molecular formula is C18H28ClN3O. The Morgan fingerprint density at radius 1 is 1.26 bits per heavy atom. The van der Waals surface area contributed by atoms with Gasteiger partial charge in [-0.05, 0) is 50.8 Å². The van der Waals surface area contributed by atoms with Crippen molar-refractivity contribution in [2.75, 3.05) is 26.7 Å². The molecule has 0 aliphatic carbocycles. The Bertz CT molecular complexity index is 510. The molecule has 1 amide bonds. The third-order valence-corrected chi connectivity index (χ3v) is 5.27. The summed E-state index contributed by atoms with van der Waals surface area (Å²) in [6.07, 6.45) is 4.21. The van der Waals surface area contributed by atoms with Crippen molar-refractivity contribution in [1.82, 2.24) is 9.80 Å². The van der Waals surface area contributed by atoms with Gasteiger partial charge in [0, 0.05) is 19.1 Å². The summed E-state index contributed by atoms with van der Waals surface area (Å²) in [5, 5.41) is 0.